The molecule has 0 aliphatic carbocycles. The van der Waals surface area contributed by atoms with Crippen LogP contribution in [0.15, 0.2) is 53.7 Å². The van der Waals surface area contributed by atoms with E-state index >= 15 is 0 Å². The molecule has 2 aromatic rings. The molecule has 6 nitrogen and oxygen atoms in total. The van der Waals surface area contributed by atoms with Crippen molar-refractivity contribution in [2.45, 2.75) is 59.1 Å². The number of benzene rings is 2. The molecule has 0 radical (unpaired) electrons. The van der Waals surface area contributed by atoms with Gasteiger partial charge in [0, 0.05) is 6.42 Å². The summed E-state index contributed by atoms with van der Waals surface area (Å²) in [7, 11) is 0. The van der Waals surface area contributed by atoms with Gasteiger partial charge in [-0.1, -0.05) is 61.0 Å². The van der Waals surface area contributed by atoms with Gasteiger partial charge < -0.3 is 9.57 Å². The molecular weight excluding hydrogens is 392 g/mol. The molecular formula is C25H30N2O4. The number of nitrogens with zero attached hydrogens (tertiary/aromatic N) is 2. The summed E-state index contributed by atoms with van der Waals surface area (Å²) in [6.07, 6.45) is 2.68. The van der Waals surface area contributed by atoms with Crippen molar-refractivity contribution in [1.82, 2.24) is 4.90 Å². The second-order valence-electron chi connectivity index (χ2n) is 8.61. The Morgan fingerprint density at radius 3 is 2.52 bits per heavy atom. The number of carbonyl (C=O) groups excluding carboxylic acids is 2. The molecule has 2 aromatic carbocycles. The van der Waals surface area contributed by atoms with Crippen molar-refractivity contribution >= 4 is 17.7 Å². The van der Waals surface area contributed by atoms with Gasteiger partial charge in [-0.25, -0.2) is 4.79 Å². The first kappa shape index (κ1) is 22.5. The zero-order valence-corrected chi connectivity index (χ0v) is 18.7. The number of esters is 1. The topological polar surface area (TPSA) is 68.2 Å². The fourth-order valence-corrected chi connectivity index (χ4v) is 3.35. The van der Waals surface area contributed by atoms with Crippen LogP contribution in [0.25, 0.3) is 11.1 Å². The highest BCUT2D eigenvalue weighted by atomic mass is 16.6. The number of hydrogen-bond acceptors (Lipinski definition) is 5. The summed E-state index contributed by atoms with van der Waals surface area (Å²) >= 11 is 0. The summed E-state index contributed by atoms with van der Waals surface area (Å²) in [5.74, 6) is 0.251. The largest absolute Gasteiger partial charge is 0.456 e. The van der Waals surface area contributed by atoms with Crippen LogP contribution in [0.4, 0.5) is 0 Å². The molecule has 3 rings (SSSR count). The van der Waals surface area contributed by atoms with Crippen LogP contribution in [0, 0.1) is 0 Å². The molecule has 0 bridgehead atoms. The first-order chi connectivity index (χ1) is 14.8. The van der Waals surface area contributed by atoms with Gasteiger partial charge in [0.1, 0.15) is 5.60 Å². The molecule has 0 saturated heterocycles. The van der Waals surface area contributed by atoms with E-state index in [0.717, 1.165) is 29.5 Å². The third-order valence-electron chi connectivity index (χ3n) is 4.88. The highest BCUT2D eigenvalue weighted by Gasteiger charge is 2.25. The minimum Gasteiger partial charge on any atom is -0.456 e. The van der Waals surface area contributed by atoms with E-state index in [4.69, 9.17) is 9.57 Å². The average Bonchev–Trinajstić information content (AvgIpc) is 2.73. The Hall–Kier alpha value is -3.15. The first-order valence-corrected chi connectivity index (χ1v) is 10.7. The van der Waals surface area contributed by atoms with Crippen LogP contribution in [0.1, 0.15) is 62.9 Å². The van der Waals surface area contributed by atoms with Crippen molar-refractivity contribution in [3.8, 4) is 11.1 Å². The maximum atomic E-state index is 12.7. The molecule has 0 spiro atoms. The highest BCUT2D eigenvalue weighted by molar-refractivity contribution is 5.99. The number of hydrogen-bond donors (Lipinski definition) is 0. The van der Waals surface area contributed by atoms with E-state index in [1.54, 1.807) is 11.0 Å². The van der Waals surface area contributed by atoms with Crippen molar-refractivity contribution in [2.24, 2.45) is 5.16 Å². The summed E-state index contributed by atoms with van der Waals surface area (Å²) in [5.41, 5.74) is 2.69. The van der Waals surface area contributed by atoms with Gasteiger partial charge in [0.05, 0.1) is 12.1 Å². The van der Waals surface area contributed by atoms with Gasteiger partial charge >= 0.3 is 5.97 Å². The highest BCUT2D eigenvalue weighted by Crippen LogP contribution is 2.26. The van der Waals surface area contributed by atoms with Crippen LogP contribution in [-0.2, 0) is 20.9 Å². The number of amidine groups is 1. The molecule has 0 saturated carbocycles. The Bertz CT molecular complexity index is 958. The second kappa shape index (κ2) is 9.77. The number of ether oxygens (including phenoxy) is 1. The predicted octanol–water partition coefficient (Wildman–Crippen LogP) is 5.17. The van der Waals surface area contributed by atoms with Crippen LogP contribution in [0.3, 0.4) is 0 Å². The zero-order valence-electron chi connectivity index (χ0n) is 18.7. The quantitative estimate of drug-likeness (QED) is 0.577. The number of rotatable bonds is 7. The summed E-state index contributed by atoms with van der Waals surface area (Å²) in [5, 5.41) is 4.09. The van der Waals surface area contributed by atoms with Crippen LogP contribution in [-0.4, -0.2) is 34.8 Å². The standard InChI is InChI=1S/C25H30N2O4/c1-5-6-11-22-26-30-17-23(28)27(22)16-18-12-14-19(15-13-18)20-9-7-8-10-21(20)24(29)31-25(2,3)4/h7-10,12-15H,5-6,11,16-17H2,1-4H3. The van der Waals surface area contributed by atoms with Crippen LogP contribution in [0.5, 0.6) is 0 Å². The Kier molecular flexibility index (Phi) is 7.10. The summed E-state index contributed by atoms with van der Waals surface area (Å²) < 4.78 is 5.56. The Balaban J connectivity index is 1.80. The van der Waals surface area contributed by atoms with Crippen molar-refractivity contribution in [3.05, 3.63) is 59.7 Å². The number of oxime groups is 1. The van der Waals surface area contributed by atoms with Gasteiger partial charge in [0.2, 0.25) is 0 Å². The number of carbonyl (C=O) groups is 2. The summed E-state index contributed by atoms with van der Waals surface area (Å²) in [6, 6.07) is 15.3. The lowest BCUT2D eigenvalue weighted by Crippen LogP contribution is -2.41. The Morgan fingerprint density at radius 2 is 1.84 bits per heavy atom. The van der Waals surface area contributed by atoms with E-state index in [1.807, 2.05) is 63.2 Å². The maximum absolute atomic E-state index is 12.7. The van der Waals surface area contributed by atoms with Gasteiger partial charge in [-0.15, -0.1) is 0 Å². The van der Waals surface area contributed by atoms with Crippen LogP contribution < -0.4 is 0 Å². The SMILES string of the molecule is CCCCC1=NOCC(=O)N1Cc1ccc(-c2ccccc2C(=O)OC(C)(C)C)cc1. The fourth-order valence-electron chi connectivity index (χ4n) is 3.35. The minimum absolute atomic E-state index is 0.0308. The molecule has 31 heavy (non-hydrogen) atoms. The maximum Gasteiger partial charge on any atom is 0.339 e. The van der Waals surface area contributed by atoms with Crippen molar-refractivity contribution in [2.75, 3.05) is 6.61 Å². The summed E-state index contributed by atoms with van der Waals surface area (Å²) in [6.45, 7) is 8.08. The lowest BCUT2D eigenvalue weighted by molar-refractivity contribution is -0.135. The third kappa shape index (κ3) is 5.94. The molecule has 0 unspecified atom stereocenters. The zero-order chi connectivity index (χ0) is 22.4. The van der Waals surface area contributed by atoms with E-state index in [1.165, 1.54) is 0 Å². The second-order valence-corrected chi connectivity index (χ2v) is 8.61. The Morgan fingerprint density at radius 1 is 1.13 bits per heavy atom. The first-order valence-electron chi connectivity index (χ1n) is 10.7. The van der Waals surface area contributed by atoms with Gasteiger partial charge in [0.15, 0.2) is 12.4 Å². The molecule has 0 fully saturated rings. The van der Waals surface area contributed by atoms with Gasteiger partial charge in [-0.05, 0) is 49.9 Å². The van der Waals surface area contributed by atoms with Crippen molar-refractivity contribution < 1.29 is 19.2 Å². The molecule has 1 aliphatic rings. The van der Waals surface area contributed by atoms with Crippen LogP contribution in [0.2, 0.25) is 0 Å². The van der Waals surface area contributed by atoms with E-state index in [0.29, 0.717) is 24.4 Å². The molecule has 0 aromatic heterocycles. The predicted molar refractivity (Wildman–Crippen MR) is 121 cm³/mol. The van der Waals surface area contributed by atoms with Crippen molar-refractivity contribution in [1.29, 1.82) is 0 Å². The molecule has 0 atom stereocenters. The molecule has 1 heterocycles. The van der Waals surface area contributed by atoms with E-state index < -0.39 is 5.60 Å². The van der Waals surface area contributed by atoms with Crippen molar-refractivity contribution in [3.63, 3.8) is 0 Å². The molecule has 0 N–H and O–H groups in total. The smallest absolute Gasteiger partial charge is 0.339 e. The monoisotopic (exact) mass is 422 g/mol. The average molecular weight is 423 g/mol. The number of amides is 1. The molecule has 6 heteroatoms. The molecule has 1 aliphatic heterocycles. The van der Waals surface area contributed by atoms with Gasteiger partial charge in [0.25, 0.3) is 5.91 Å². The van der Waals surface area contributed by atoms with Crippen LogP contribution >= 0.6 is 0 Å². The van der Waals surface area contributed by atoms with Gasteiger partial charge in [-0.2, -0.15) is 0 Å². The molecule has 164 valence electrons. The number of unbranched alkanes of at least 4 members (excludes halogenated alkanes) is 1. The lowest BCUT2D eigenvalue weighted by Gasteiger charge is -2.27. The normalized spacial score (nSPS) is 14.1. The van der Waals surface area contributed by atoms with Gasteiger partial charge in [-0.3, -0.25) is 9.69 Å². The van der Waals surface area contributed by atoms with E-state index in [2.05, 4.69) is 12.1 Å². The minimum atomic E-state index is -0.560. The fraction of sp³-hybridized carbons (Fsp3) is 0.400. The summed E-state index contributed by atoms with van der Waals surface area (Å²) in [4.78, 5) is 31.8. The van der Waals surface area contributed by atoms with E-state index in [9.17, 15) is 9.59 Å². The lowest BCUT2D eigenvalue weighted by atomic mass is 9.98. The van der Waals surface area contributed by atoms with E-state index in [-0.39, 0.29) is 18.5 Å². The Labute approximate surface area is 183 Å². The third-order valence-corrected chi connectivity index (χ3v) is 4.88. The molecule has 1 amide bonds.